The van der Waals surface area contributed by atoms with E-state index in [4.69, 9.17) is 0 Å². The van der Waals surface area contributed by atoms with Crippen LogP contribution in [0.1, 0.15) is 0 Å². The molecule has 0 N–H and O–H groups in total. The zero-order valence-electron chi connectivity index (χ0n) is 42.1. The number of benzene rings is 13. The summed E-state index contributed by atoms with van der Waals surface area (Å²) in [6.07, 6.45) is 0. The fourth-order valence-corrected chi connectivity index (χ4v) is 11.8. The molecule has 0 aliphatic rings. The SMILES string of the molecule is c1ccc(-c2ccc(N(c3ccc(-c4ccccc4)cc3)c3ccc4cc5c(cc4c3)c3cccc4c6cc7cc(N(c8ccc(-c9ccccc9)cc8)c8ccc(-c9ccccc9)cc8)ccc7cc6n5c34)cc2)cc1. The number of nitrogens with zero attached hydrogens (tertiary/aromatic N) is 3. The van der Waals surface area contributed by atoms with E-state index in [2.05, 4.69) is 311 Å². The van der Waals surface area contributed by atoms with Crippen LogP contribution < -0.4 is 9.80 Å². The Morgan fingerprint density at radius 1 is 0.195 bits per heavy atom. The molecule has 13 aromatic carbocycles. The molecule has 0 saturated carbocycles. The van der Waals surface area contributed by atoms with Crippen LogP contribution in [-0.2, 0) is 0 Å². The third-order valence-corrected chi connectivity index (χ3v) is 15.6. The van der Waals surface area contributed by atoms with E-state index < -0.39 is 0 Å². The lowest BCUT2D eigenvalue weighted by atomic mass is 10.0. The maximum Gasteiger partial charge on any atom is 0.0620 e. The van der Waals surface area contributed by atoms with E-state index in [1.807, 2.05) is 0 Å². The average molecular weight is 980 g/mol. The van der Waals surface area contributed by atoms with Gasteiger partial charge in [-0.2, -0.15) is 0 Å². The Labute approximate surface area is 447 Å². The second-order valence-corrected chi connectivity index (χ2v) is 20.2. The summed E-state index contributed by atoms with van der Waals surface area (Å²) in [5.74, 6) is 0. The molecule has 0 radical (unpaired) electrons. The summed E-state index contributed by atoms with van der Waals surface area (Å²) < 4.78 is 2.51. The second-order valence-electron chi connectivity index (χ2n) is 20.2. The summed E-state index contributed by atoms with van der Waals surface area (Å²) in [5.41, 5.74) is 19.9. The fourth-order valence-electron chi connectivity index (χ4n) is 11.8. The predicted octanol–water partition coefficient (Wildman–Crippen LogP) is 20.8. The molecule has 3 nitrogen and oxygen atoms in total. The van der Waals surface area contributed by atoms with Crippen molar-refractivity contribution in [3.63, 3.8) is 0 Å². The zero-order valence-corrected chi connectivity index (χ0v) is 42.1. The summed E-state index contributed by atoms with van der Waals surface area (Å²) in [4.78, 5) is 4.76. The van der Waals surface area contributed by atoms with E-state index in [-0.39, 0.29) is 0 Å². The molecule has 3 heteroatoms. The molecule has 2 aromatic heterocycles. The van der Waals surface area contributed by atoms with Gasteiger partial charge in [0.25, 0.3) is 0 Å². The number of fused-ring (bicyclic) bond motifs is 8. The number of aromatic nitrogens is 1. The monoisotopic (exact) mass is 979 g/mol. The van der Waals surface area contributed by atoms with Crippen molar-refractivity contribution in [2.45, 2.75) is 0 Å². The van der Waals surface area contributed by atoms with Gasteiger partial charge >= 0.3 is 0 Å². The van der Waals surface area contributed by atoms with Gasteiger partial charge in [-0.1, -0.05) is 200 Å². The Hall–Kier alpha value is -10.2. The minimum atomic E-state index is 1.10. The predicted molar refractivity (Wildman–Crippen MR) is 327 cm³/mol. The summed E-state index contributed by atoms with van der Waals surface area (Å²) in [5, 5.41) is 9.84. The Morgan fingerprint density at radius 3 is 0.792 bits per heavy atom. The quantitative estimate of drug-likeness (QED) is 0.135. The first-order valence-electron chi connectivity index (χ1n) is 26.5. The molecule has 0 unspecified atom stereocenters. The number of rotatable bonds is 10. The molecule has 77 heavy (non-hydrogen) atoms. The molecular weight excluding hydrogens is 931 g/mol. The van der Waals surface area contributed by atoms with E-state index in [0.29, 0.717) is 0 Å². The lowest BCUT2D eigenvalue weighted by Crippen LogP contribution is -2.09. The highest BCUT2D eigenvalue weighted by Gasteiger charge is 2.21. The van der Waals surface area contributed by atoms with Crippen LogP contribution in [0.4, 0.5) is 34.1 Å². The molecule has 2 heterocycles. The van der Waals surface area contributed by atoms with Crippen molar-refractivity contribution in [1.29, 1.82) is 0 Å². The number of hydrogen-bond acceptors (Lipinski definition) is 2. The van der Waals surface area contributed by atoms with Gasteiger partial charge in [0.15, 0.2) is 0 Å². The lowest BCUT2D eigenvalue weighted by Gasteiger charge is -2.26. The number of anilines is 6. The van der Waals surface area contributed by atoms with E-state index in [0.717, 1.165) is 34.1 Å². The molecule has 0 saturated heterocycles. The Bertz CT molecular complexity index is 4150. The second kappa shape index (κ2) is 18.3. The molecule has 0 fully saturated rings. The lowest BCUT2D eigenvalue weighted by molar-refractivity contribution is 1.29. The van der Waals surface area contributed by atoms with Crippen LogP contribution in [0, 0.1) is 0 Å². The molecule has 0 bridgehead atoms. The van der Waals surface area contributed by atoms with Gasteiger partial charge in [0.2, 0.25) is 0 Å². The molecule has 0 aliphatic carbocycles. The maximum absolute atomic E-state index is 2.51. The highest BCUT2D eigenvalue weighted by molar-refractivity contribution is 6.26. The van der Waals surface area contributed by atoms with Gasteiger partial charge in [0.05, 0.1) is 16.6 Å². The van der Waals surface area contributed by atoms with Crippen LogP contribution in [0.3, 0.4) is 0 Å². The van der Waals surface area contributed by atoms with Crippen molar-refractivity contribution in [2.24, 2.45) is 0 Å². The smallest absolute Gasteiger partial charge is 0.0620 e. The summed E-state index contributed by atoms with van der Waals surface area (Å²) in [7, 11) is 0. The third kappa shape index (κ3) is 7.75. The fraction of sp³-hybridized carbons (Fsp3) is 0. The van der Waals surface area contributed by atoms with Crippen LogP contribution in [0.2, 0.25) is 0 Å². The first kappa shape index (κ1) is 44.3. The average Bonchev–Trinajstić information content (AvgIpc) is 4.16. The largest absolute Gasteiger partial charge is 0.310 e. The Kier molecular flexibility index (Phi) is 10.5. The van der Waals surface area contributed by atoms with E-state index in [1.54, 1.807) is 0 Å². The van der Waals surface area contributed by atoms with Crippen molar-refractivity contribution < 1.29 is 0 Å². The zero-order chi connectivity index (χ0) is 50.8. The Balaban J connectivity index is 0.832. The van der Waals surface area contributed by atoms with E-state index in [9.17, 15) is 0 Å². The van der Waals surface area contributed by atoms with Gasteiger partial charge in [-0.15, -0.1) is 0 Å². The van der Waals surface area contributed by atoms with E-state index >= 15 is 0 Å². The molecular formula is C74H49N3. The third-order valence-electron chi connectivity index (χ3n) is 15.6. The molecule has 0 atom stereocenters. The number of para-hydroxylation sites is 1. The van der Waals surface area contributed by atoms with Crippen molar-refractivity contribution in [1.82, 2.24) is 4.40 Å². The molecule has 15 rings (SSSR count). The van der Waals surface area contributed by atoms with Crippen LogP contribution in [0.15, 0.2) is 297 Å². The highest BCUT2D eigenvalue weighted by atomic mass is 15.1. The topological polar surface area (TPSA) is 10.9 Å². The minimum absolute atomic E-state index is 1.10. The van der Waals surface area contributed by atoms with Crippen molar-refractivity contribution in [3.8, 4) is 44.5 Å². The van der Waals surface area contributed by atoms with Gasteiger partial charge in [-0.3, -0.25) is 0 Å². The normalized spacial score (nSPS) is 11.6. The van der Waals surface area contributed by atoms with Crippen LogP contribution in [0.5, 0.6) is 0 Å². The molecule has 0 spiro atoms. The van der Waals surface area contributed by atoms with Crippen molar-refractivity contribution >= 4 is 93.8 Å². The summed E-state index contributed by atoms with van der Waals surface area (Å²) >= 11 is 0. The van der Waals surface area contributed by atoms with Crippen LogP contribution in [-0.4, -0.2) is 4.40 Å². The van der Waals surface area contributed by atoms with E-state index in [1.165, 1.54) is 104 Å². The van der Waals surface area contributed by atoms with Crippen molar-refractivity contribution in [3.05, 3.63) is 297 Å². The van der Waals surface area contributed by atoms with Crippen LogP contribution >= 0.6 is 0 Å². The van der Waals surface area contributed by atoms with Crippen molar-refractivity contribution in [2.75, 3.05) is 9.80 Å². The summed E-state index contributed by atoms with van der Waals surface area (Å²) in [6.45, 7) is 0. The molecule has 0 amide bonds. The summed E-state index contributed by atoms with van der Waals surface area (Å²) in [6, 6.07) is 109. The highest BCUT2D eigenvalue weighted by Crippen LogP contribution is 2.45. The Morgan fingerprint density at radius 2 is 0.481 bits per heavy atom. The molecule has 15 aromatic rings. The maximum atomic E-state index is 2.51. The van der Waals surface area contributed by atoms with Gasteiger partial charge < -0.3 is 14.2 Å². The molecule has 360 valence electrons. The molecule has 0 aliphatic heterocycles. The van der Waals surface area contributed by atoms with Gasteiger partial charge in [0, 0.05) is 55.7 Å². The first-order chi connectivity index (χ1) is 38.1. The first-order valence-corrected chi connectivity index (χ1v) is 26.5. The van der Waals surface area contributed by atoms with Crippen LogP contribution in [0.25, 0.3) is 104 Å². The number of hydrogen-bond donors (Lipinski definition) is 0. The van der Waals surface area contributed by atoms with Gasteiger partial charge in [-0.05, 0) is 163 Å². The van der Waals surface area contributed by atoms with Gasteiger partial charge in [-0.25, -0.2) is 0 Å². The van der Waals surface area contributed by atoms with Gasteiger partial charge in [0.1, 0.15) is 0 Å². The standard InChI is InChI=1S/C74H49N3/c1-5-14-50(15-6-1)54-24-34-62(35-25-54)75(63-36-26-55(27-37-63)51-16-7-2-8-17-51)66-42-32-58-48-72-70(46-60(58)44-66)68-22-13-23-69-71-47-61-45-67(43-33-59(61)49-73(71)77(72)74(68)69)76(64-38-28-56(29-39-64)52-18-9-3-10-19-52)65-40-30-57(31-41-65)53-20-11-4-12-21-53/h1-49H. The minimum Gasteiger partial charge on any atom is -0.310 e.